The van der Waals surface area contributed by atoms with E-state index in [1.807, 2.05) is 13.8 Å². The molecule has 4 rings (SSSR count). The molecule has 1 aliphatic heterocycles. The Morgan fingerprint density at radius 1 is 1.12 bits per heavy atom. The zero-order chi connectivity index (χ0) is 23.7. The lowest BCUT2D eigenvalue weighted by molar-refractivity contribution is -0.132. The van der Waals surface area contributed by atoms with Crippen LogP contribution in [0.3, 0.4) is 0 Å². The lowest BCUT2D eigenvalue weighted by Gasteiger charge is -2.24. The summed E-state index contributed by atoms with van der Waals surface area (Å²) in [5.74, 6) is -2.30. The first-order valence-corrected chi connectivity index (χ1v) is 10.6. The number of pyridine rings is 1. The van der Waals surface area contributed by atoms with E-state index in [1.54, 1.807) is 42.5 Å². The van der Waals surface area contributed by atoms with Gasteiger partial charge in [-0.3, -0.25) is 19.5 Å². The van der Waals surface area contributed by atoms with Crippen LogP contribution in [0.25, 0.3) is 5.76 Å². The molecular formula is C25H20ClFN2O4. The molecule has 1 saturated heterocycles. The molecule has 1 aromatic heterocycles. The number of rotatable bonds is 5. The molecule has 1 amide bonds. The molecule has 33 heavy (non-hydrogen) atoms. The maximum atomic E-state index is 13.8. The van der Waals surface area contributed by atoms with Crippen LogP contribution in [0.5, 0.6) is 5.75 Å². The van der Waals surface area contributed by atoms with Gasteiger partial charge < -0.3 is 9.84 Å². The minimum Gasteiger partial charge on any atom is -0.507 e. The summed E-state index contributed by atoms with van der Waals surface area (Å²) in [6, 6.07) is 14.3. The summed E-state index contributed by atoms with van der Waals surface area (Å²) in [6.45, 7) is 3.74. The zero-order valence-electron chi connectivity index (χ0n) is 17.8. The van der Waals surface area contributed by atoms with E-state index in [2.05, 4.69) is 4.98 Å². The van der Waals surface area contributed by atoms with Crippen LogP contribution < -0.4 is 9.64 Å². The second kappa shape index (κ2) is 9.03. The molecule has 168 valence electrons. The van der Waals surface area contributed by atoms with Crippen LogP contribution in [0.4, 0.5) is 10.1 Å². The minimum absolute atomic E-state index is 0.0929. The van der Waals surface area contributed by atoms with Gasteiger partial charge in [0.25, 0.3) is 11.7 Å². The maximum Gasteiger partial charge on any atom is 0.300 e. The molecule has 0 spiro atoms. The van der Waals surface area contributed by atoms with Crippen LogP contribution in [0, 0.1) is 5.82 Å². The summed E-state index contributed by atoms with van der Waals surface area (Å²) >= 11 is 5.93. The number of Topliss-reactive ketones (excluding diaryl/α,β-unsaturated/α-hetero) is 1. The summed E-state index contributed by atoms with van der Waals surface area (Å²) in [5.41, 5.74) is 0.730. The Labute approximate surface area is 194 Å². The monoisotopic (exact) mass is 466 g/mol. The molecule has 1 fully saturated rings. The Bertz CT molecular complexity index is 1260. The van der Waals surface area contributed by atoms with Crippen LogP contribution in [0.15, 0.2) is 72.4 Å². The van der Waals surface area contributed by atoms with Gasteiger partial charge in [-0.05, 0) is 56.3 Å². The number of carbonyl (C=O) groups excluding carboxylic acids is 2. The summed E-state index contributed by atoms with van der Waals surface area (Å²) < 4.78 is 19.4. The first kappa shape index (κ1) is 22.5. The van der Waals surface area contributed by atoms with Gasteiger partial charge in [-0.25, -0.2) is 4.39 Å². The third-order valence-electron chi connectivity index (χ3n) is 5.07. The Morgan fingerprint density at radius 3 is 2.58 bits per heavy atom. The van der Waals surface area contributed by atoms with Crippen LogP contribution in [0.1, 0.15) is 31.1 Å². The lowest BCUT2D eigenvalue weighted by atomic mass is 9.98. The van der Waals surface area contributed by atoms with Crippen molar-refractivity contribution >= 4 is 34.7 Å². The van der Waals surface area contributed by atoms with Crippen LogP contribution in [0.2, 0.25) is 5.02 Å². The molecular weight excluding hydrogens is 447 g/mol. The number of aliphatic hydroxyl groups is 1. The van der Waals surface area contributed by atoms with Gasteiger partial charge in [-0.1, -0.05) is 29.8 Å². The molecule has 1 N–H and O–H groups in total. The number of carbonyl (C=O) groups is 2. The highest BCUT2D eigenvalue weighted by molar-refractivity contribution is 6.51. The predicted molar refractivity (Wildman–Crippen MR) is 123 cm³/mol. The number of hydrogen-bond donors (Lipinski definition) is 1. The standard InChI is InChI=1S/C25H20ClFN2O4/c1-14(2)33-17-7-5-6-15(12-17)23(30)21-22(20-8-3-4-11-28-20)29(25(32)24(21)31)16-9-10-19(27)18(26)13-16/h3-14,22,30H,1-2H3/b23-21+. The number of aromatic nitrogens is 1. The van der Waals surface area contributed by atoms with Crippen molar-refractivity contribution in [1.82, 2.24) is 4.98 Å². The van der Waals surface area contributed by atoms with E-state index in [0.29, 0.717) is 17.0 Å². The number of amides is 1. The Kier molecular flexibility index (Phi) is 6.16. The molecule has 0 radical (unpaired) electrons. The number of nitrogens with zero attached hydrogens (tertiary/aromatic N) is 2. The second-order valence-electron chi connectivity index (χ2n) is 7.72. The molecule has 2 aromatic carbocycles. The average molecular weight is 467 g/mol. The average Bonchev–Trinajstić information content (AvgIpc) is 3.06. The number of benzene rings is 2. The van der Waals surface area contributed by atoms with Crippen molar-refractivity contribution in [1.29, 1.82) is 0 Å². The van der Waals surface area contributed by atoms with E-state index < -0.39 is 23.5 Å². The van der Waals surface area contributed by atoms with Gasteiger partial charge in [0.2, 0.25) is 0 Å². The van der Waals surface area contributed by atoms with Crippen molar-refractivity contribution in [3.8, 4) is 5.75 Å². The van der Waals surface area contributed by atoms with E-state index in [0.717, 1.165) is 11.0 Å². The Hall–Kier alpha value is -3.71. The van der Waals surface area contributed by atoms with Gasteiger partial charge in [0, 0.05) is 17.4 Å². The topological polar surface area (TPSA) is 79.7 Å². The Balaban J connectivity index is 1.90. The summed E-state index contributed by atoms with van der Waals surface area (Å²) in [6.07, 6.45) is 1.43. The van der Waals surface area contributed by atoms with Crippen LogP contribution in [-0.4, -0.2) is 27.9 Å². The SMILES string of the molecule is CC(C)Oc1cccc(/C(O)=C2\C(=O)C(=O)N(c3ccc(F)c(Cl)c3)C2c2ccccn2)c1. The highest BCUT2D eigenvalue weighted by Crippen LogP contribution is 2.42. The highest BCUT2D eigenvalue weighted by Gasteiger charge is 2.47. The van der Waals surface area contributed by atoms with Crippen molar-refractivity contribution in [3.63, 3.8) is 0 Å². The van der Waals surface area contributed by atoms with Gasteiger partial charge in [-0.2, -0.15) is 0 Å². The number of ketones is 1. The van der Waals surface area contributed by atoms with Gasteiger partial charge in [-0.15, -0.1) is 0 Å². The number of halogens is 2. The van der Waals surface area contributed by atoms with Crippen molar-refractivity contribution in [2.24, 2.45) is 0 Å². The lowest BCUT2D eigenvalue weighted by Crippen LogP contribution is -2.29. The van der Waals surface area contributed by atoms with Crippen molar-refractivity contribution in [2.75, 3.05) is 4.90 Å². The predicted octanol–water partition coefficient (Wildman–Crippen LogP) is 5.29. The fourth-order valence-electron chi connectivity index (χ4n) is 3.70. The van der Waals surface area contributed by atoms with E-state index in [-0.39, 0.29) is 28.1 Å². The fraction of sp³-hybridized carbons (Fsp3) is 0.160. The molecule has 2 heterocycles. The first-order valence-electron chi connectivity index (χ1n) is 10.2. The van der Waals surface area contributed by atoms with Gasteiger partial charge in [0.15, 0.2) is 0 Å². The van der Waals surface area contributed by atoms with Crippen molar-refractivity contribution in [2.45, 2.75) is 26.0 Å². The quantitative estimate of drug-likeness (QED) is 0.314. The molecule has 1 atom stereocenters. The summed E-state index contributed by atoms with van der Waals surface area (Å²) in [7, 11) is 0. The van der Waals surface area contributed by atoms with Crippen molar-refractivity contribution in [3.05, 3.63) is 94.5 Å². The zero-order valence-corrected chi connectivity index (χ0v) is 18.6. The maximum absolute atomic E-state index is 13.8. The van der Waals surface area contributed by atoms with E-state index in [1.165, 1.54) is 18.3 Å². The first-order chi connectivity index (χ1) is 15.8. The number of aliphatic hydroxyl groups excluding tert-OH is 1. The normalized spacial score (nSPS) is 17.6. The molecule has 0 aliphatic carbocycles. The van der Waals surface area contributed by atoms with Crippen LogP contribution in [-0.2, 0) is 9.59 Å². The number of ether oxygens (including phenoxy) is 1. The van der Waals surface area contributed by atoms with Crippen molar-refractivity contribution < 1.29 is 23.8 Å². The largest absolute Gasteiger partial charge is 0.507 e. The van der Waals surface area contributed by atoms with E-state index >= 15 is 0 Å². The number of anilines is 1. The van der Waals surface area contributed by atoms with Crippen LogP contribution >= 0.6 is 11.6 Å². The third-order valence-corrected chi connectivity index (χ3v) is 5.36. The van der Waals surface area contributed by atoms with E-state index in [4.69, 9.17) is 16.3 Å². The number of hydrogen-bond acceptors (Lipinski definition) is 5. The summed E-state index contributed by atoms with van der Waals surface area (Å²) in [5, 5.41) is 11.0. The molecule has 3 aromatic rings. The fourth-order valence-corrected chi connectivity index (χ4v) is 3.87. The molecule has 8 heteroatoms. The van der Waals surface area contributed by atoms with Gasteiger partial charge >= 0.3 is 0 Å². The molecule has 1 unspecified atom stereocenters. The molecule has 0 saturated carbocycles. The Morgan fingerprint density at radius 2 is 1.91 bits per heavy atom. The minimum atomic E-state index is -1.04. The van der Waals surface area contributed by atoms with Gasteiger partial charge in [0.05, 0.1) is 22.4 Å². The molecule has 0 bridgehead atoms. The smallest absolute Gasteiger partial charge is 0.300 e. The molecule has 6 nitrogen and oxygen atoms in total. The second-order valence-corrected chi connectivity index (χ2v) is 8.12. The summed E-state index contributed by atoms with van der Waals surface area (Å²) in [4.78, 5) is 31.7. The third kappa shape index (κ3) is 4.32. The van der Waals surface area contributed by atoms with E-state index in [9.17, 15) is 19.1 Å². The molecule has 1 aliphatic rings. The highest BCUT2D eigenvalue weighted by atomic mass is 35.5. The van der Waals surface area contributed by atoms with Gasteiger partial charge in [0.1, 0.15) is 23.4 Å².